The van der Waals surface area contributed by atoms with Crippen LogP contribution < -0.4 is 0 Å². The van der Waals surface area contributed by atoms with Crippen molar-refractivity contribution >= 4 is 76.7 Å². The Morgan fingerprint density at radius 2 is 0.907 bits per heavy atom. The molecule has 0 bridgehead atoms. The molecule has 0 N–H and O–H groups in total. The van der Waals surface area contributed by atoms with Crippen LogP contribution >= 0.6 is 0 Å². The van der Waals surface area contributed by atoms with Gasteiger partial charge < -0.3 is 13.4 Å². The van der Waals surface area contributed by atoms with Gasteiger partial charge in [0.05, 0.1) is 21.9 Å². The molecule has 12 aromatic rings. The van der Waals surface area contributed by atoms with E-state index >= 15 is 0 Å². The summed E-state index contributed by atoms with van der Waals surface area (Å²) in [5.41, 5.74) is 13.6. The lowest BCUT2D eigenvalue weighted by atomic mass is 9.93. The summed E-state index contributed by atoms with van der Waals surface area (Å²) in [6.45, 7) is 0. The Bertz CT molecular complexity index is 3430. The van der Waals surface area contributed by atoms with E-state index in [9.17, 15) is 0 Å². The minimum absolute atomic E-state index is 0.849. The number of hydrogen-bond donors (Lipinski definition) is 0. The first-order valence-electron chi connectivity index (χ1n) is 18.3. The van der Waals surface area contributed by atoms with E-state index in [1.54, 1.807) is 0 Å². The maximum Gasteiger partial charge on any atom is 0.213 e. The van der Waals surface area contributed by atoms with Crippen LogP contribution in [0.1, 0.15) is 0 Å². The normalized spacial score (nSPS) is 12.1. The highest BCUT2D eigenvalue weighted by Crippen LogP contribution is 2.45. The van der Waals surface area contributed by atoms with Crippen molar-refractivity contribution in [2.75, 3.05) is 0 Å². The van der Waals surface area contributed by atoms with E-state index in [4.69, 9.17) is 8.83 Å². The SMILES string of the molecule is c1ccc(-n2c3ccccc3c3cc(-c4ccc(-c5ccc6c(c5)oc5c6c6ccccc6n5-c5ccccc5)c5oc6ccccc6c45)ccc32)cc1. The fourth-order valence-corrected chi connectivity index (χ4v) is 8.78. The van der Waals surface area contributed by atoms with E-state index in [0.717, 1.165) is 83.2 Å². The Hall–Kier alpha value is -7.30. The van der Waals surface area contributed by atoms with Gasteiger partial charge >= 0.3 is 0 Å². The molecule has 8 aromatic carbocycles. The Balaban J connectivity index is 1.07. The number of rotatable bonds is 4. The minimum atomic E-state index is 0.849. The van der Waals surface area contributed by atoms with Gasteiger partial charge in [0.25, 0.3) is 0 Å². The highest BCUT2D eigenvalue weighted by Gasteiger charge is 2.22. The summed E-state index contributed by atoms with van der Waals surface area (Å²) in [6.07, 6.45) is 0. The molecule has 0 radical (unpaired) electrons. The van der Waals surface area contributed by atoms with Gasteiger partial charge in [-0.05, 0) is 89.5 Å². The molecule has 0 unspecified atom stereocenters. The van der Waals surface area contributed by atoms with Crippen molar-refractivity contribution in [1.82, 2.24) is 9.13 Å². The highest BCUT2D eigenvalue weighted by molar-refractivity contribution is 6.21. The van der Waals surface area contributed by atoms with E-state index in [-0.39, 0.29) is 0 Å². The molecule has 4 heteroatoms. The van der Waals surface area contributed by atoms with Gasteiger partial charge in [-0.25, -0.2) is 0 Å². The summed E-state index contributed by atoms with van der Waals surface area (Å²) >= 11 is 0. The Labute approximate surface area is 309 Å². The third-order valence-electron chi connectivity index (χ3n) is 11.1. The monoisotopic (exact) mass is 690 g/mol. The number of benzene rings is 8. The Kier molecular flexibility index (Phi) is 6.02. The second kappa shape index (κ2) is 11.1. The zero-order valence-corrected chi connectivity index (χ0v) is 29.0. The largest absolute Gasteiger partial charge is 0.455 e. The van der Waals surface area contributed by atoms with Crippen LogP contribution in [0.4, 0.5) is 0 Å². The van der Waals surface area contributed by atoms with E-state index < -0.39 is 0 Å². The Morgan fingerprint density at radius 3 is 1.70 bits per heavy atom. The average molecular weight is 691 g/mol. The van der Waals surface area contributed by atoms with E-state index in [1.165, 1.54) is 27.2 Å². The van der Waals surface area contributed by atoms with Crippen molar-refractivity contribution in [3.8, 4) is 33.6 Å². The fourth-order valence-electron chi connectivity index (χ4n) is 8.78. The third-order valence-corrected chi connectivity index (χ3v) is 11.1. The van der Waals surface area contributed by atoms with Crippen molar-refractivity contribution in [2.45, 2.75) is 0 Å². The number of furan rings is 2. The summed E-state index contributed by atoms with van der Waals surface area (Å²) in [6, 6.07) is 64.6. The highest BCUT2D eigenvalue weighted by atomic mass is 16.3. The molecule has 0 aliphatic rings. The summed E-state index contributed by atoms with van der Waals surface area (Å²) in [4.78, 5) is 0. The third kappa shape index (κ3) is 4.08. The minimum Gasteiger partial charge on any atom is -0.455 e. The quantitative estimate of drug-likeness (QED) is 0.184. The van der Waals surface area contributed by atoms with E-state index in [0.29, 0.717) is 0 Å². The van der Waals surface area contributed by atoms with Gasteiger partial charge in [-0.3, -0.25) is 4.57 Å². The zero-order valence-electron chi connectivity index (χ0n) is 29.0. The molecule has 4 nitrogen and oxygen atoms in total. The van der Waals surface area contributed by atoms with Crippen LogP contribution in [-0.2, 0) is 0 Å². The Morgan fingerprint density at radius 1 is 0.333 bits per heavy atom. The van der Waals surface area contributed by atoms with Gasteiger partial charge in [0.15, 0.2) is 0 Å². The fraction of sp³-hybridized carbons (Fsp3) is 0. The van der Waals surface area contributed by atoms with Gasteiger partial charge in [0.2, 0.25) is 5.71 Å². The van der Waals surface area contributed by atoms with Crippen LogP contribution in [0.5, 0.6) is 0 Å². The number of aromatic nitrogens is 2. The van der Waals surface area contributed by atoms with Crippen LogP contribution in [0.15, 0.2) is 191 Å². The second-order valence-corrected chi connectivity index (χ2v) is 14.1. The van der Waals surface area contributed by atoms with Gasteiger partial charge in [0, 0.05) is 49.3 Å². The number of nitrogens with zero attached hydrogens (tertiary/aromatic N) is 2. The average Bonchev–Trinajstić information content (AvgIpc) is 3.98. The van der Waals surface area contributed by atoms with Crippen molar-refractivity contribution < 1.29 is 8.83 Å². The molecule has 0 atom stereocenters. The molecule has 252 valence electrons. The lowest BCUT2D eigenvalue weighted by molar-refractivity contribution is 0.645. The van der Waals surface area contributed by atoms with Crippen molar-refractivity contribution in [3.63, 3.8) is 0 Å². The molecular formula is C50H30N2O2. The summed E-state index contributed by atoms with van der Waals surface area (Å²) in [5.74, 6) is 0. The van der Waals surface area contributed by atoms with Crippen LogP contribution in [-0.4, -0.2) is 9.13 Å². The van der Waals surface area contributed by atoms with Crippen LogP contribution in [0.25, 0.3) is 110 Å². The summed E-state index contributed by atoms with van der Waals surface area (Å²) < 4.78 is 18.1. The smallest absolute Gasteiger partial charge is 0.213 e. The first kappa shape index (κ1) is 29.3. The first-order valence-corrected chi connectivity index (χ1v) is 18.3. The lowest BCUT2D eigenvalue weighted by Crippen LogP contribution is -1.92. The maximum atomic E-state index is 6.79. The van der Waals surface area contributed by atoms with Crippen LogP contribution in [0.2, 0.25) is 0 Å². The van der Waals surface area contributed by atoms with Crippen LogP contribution in [0, 0.1) is 0 Å². The molecule has 0 aliphatic heterocycles. The standard InChI is InChI=1S/C50H30N2O2/c1-3-13-33(14-4-1)51-42-20-10-7-17-37(42)41-29-31(24-28-44(41)51)35-26-27-36(49-47(35)39-19-9-12-22-45(39)53-49)32-23-25-40-46(30-32)54-50-48(40)38-18-8-11-21-43(38)52(50)34-15-5-2-6-16-34/h1-30H. The van der Waals surface area contributed by atoms with Gasteiger partial charge in [-0.1, -0.05) is 109 Å². The molecule has 0 fully saturated rings. The maximum absolute atomic E-state index is 6.79. The topological polar surface area (TPSA) is 36.1 Å². The molecule has 12 rings (SSSR count). The number of fused-ring (bicyclic) bond motifs is 11. The molecule has 0 aliphatic carbocycles. The van der Waals surface area contributed by atoms with E-state index in [2.05, 4.69) is 179 Å². The summed E-state index contributed by atoms with van der Waals surface area (Å²) in [5, 5.41) is 8.07. The zero-order chi connectivity index (χ0) is 35.3. The van der Waals surface area contributed by atoms with Crippen molar-refractivity contribution in [3.05, 3.63) is 182 Å². The molecule has 4 heterocycles. The molecule has 0 spiro atoms. The summed E-state index contributed by atoms with van der Waals surface area (Å²) in [7, 11) is 0. The van der Waals surface area contributed by atoms with Crippen molar-refractivity contribution in [2.24, 2.45) is 0 Å². The molecule has 0 saturated carbocycles. The molecule has 0 saturated heterocycles. The first-order chi connectivity index (χ1) is 26.8. The predicted octanol–water partition coefficient (Wildman–Crippen LogP) is 13.9. The van der Waals surface area contributed by atoms with Crippen molar-refractivity contribution in [1.29, 1.82) is 0 Å². The number of para-hydroxylation sites is 5. The van der Waals surface area contributed by atoms with Gasteiger partial charge in [0.1, 0.15) is 16.7 Å². The van der Waals surface area contributed by atoms with Gasteiger partial charge in [-0.2, -0.15) is 0 Å². The molecular weight excluding hydrogens is 661 g/mol. The lowest BCUT2D eigenvalue weighted by Gasteiger charge is -2.10. The van der Waals surface area contributed by atoms with Crippen LogP contribution in [0.3, 0.4) is 0 Å². The molecule has 54 heavy (non-hydrogen) atoms. The van der Waals surface area contributed by atoms with Gasteiger partial charge in [-0.15, -0.1) is 0 Å². The second-order valence-electron chi connectivity index (χ2n) is 14.1. The predicted molar refractivity (Wildman–Crippen MR) is 223 cm³/mol. The molecule has 0 amide bonds. The van der Waals surface area contributed by atoms with E-state index in [1.807, 2.05) is 12.1 Å². The number of hydrogen-bond acceptors (Lipinski definition) is 2. The molecule has 4 aromatic heterocycles.